The first-order chi connectivity index (χ1) is 12.3. The fraction of sp³-hybridized carbons (Fsp3) is 0.438. The van der Waals surface area contributed by atoms with Gasteiger partial charge in [-0.25, -0.2) is 13.2 Å². The Bertz CT molecular complexity index is 852. The number of carbonyl (C=O) groups excluding carboxylic acids is 3. The Labute approximate surface area is 150 Å². The summed E-state index contributed by atoms with van der Waals surface area (Å²) >= 11 is 0. The molecule has 10 heteroatoms. The lowest BCUT2D eigenvalue weighted by Gasteiger charge is -2.30. The topological polar surface area (TPSA) is 122 Å². The van der Waals surface area contributed by atoms with E-state index in [2.05, 4.69) is 10.6 Å². The predicted molar refractivity (Wildman–Crippen MR) is 92.5 cm³/mol. The van der Waals surface area contributed by atoms with Crippen LogP contribution >= 0.6 is 0 Å². The number of anilines is 1. The van der Waals surface area contributed by atoms with Crippen LogP contribution in [0.2, 0.25) is 0 Å². The molecule has 2 aliphatic rings. The summed E-state index contributed by atoms with van der Waals surface area (Å²) in [7, 11) is -1.73. The van der Waals surface area contributed by atoms with Crippen molar-refractivity contribution in [3.63, 3.8) is 0 Å². The van der Waals surface area contributed by atoms with Crippen molar-refractivity contribution in [3.8, 4) is 5.75 Å². The normalized spacial score (nSPS) is 20.7. The van der Waals surface area contributed by atoms with Crippen molar-refractivity contribution in [2.24, 2.45) is 0 Å². The van der Waals surface area contributed by atoms with Gasteiger partial charge in [0.05, 0.1) is 24.3 Å². The standard InChI is InChI=1S/C16H19N3O6S/c1-25-12-5-3-2-4-11(12)17-13(20)10-19-14(21)16(18-15(19)22)6-8-26(23,24)9-7-16/h2-5H,6-10H2,1H3,(H,17,20)(H,18,22). The van der Waals surface area contributed by atoms with Gasteiger partial charge in [0.15, 0.2) is 9.84 Å². The van der Waals surface area contributed by atoms with Crippen molar-refractivity contribution in [1.82, 2.24) is 10.2 Å². The molecule has 0 radical (unpaired) electrons. The summed E-state index contributed by atoms with van der Waals surface area (Å²) in [6, 6.07) is 6.07. The van der Waals surface area contributed by atoms with Crippen LogP contribution in [0.15, 0.2) is 24.3 Å². The molecule has 2 aliphatic heterocycles. The zero-order valence-electron chi connectivity index (χ0n) is 14.1. The van der Waals surface area contributed by atoms with Crippen molar-refractivity contribution in [3.05, 3.63) is 24.3 Å². The summed E-state index contributed by atoms with van der Waals surface area (Å²) in [6.45, 7) is -0.461. The molecule has 2 N–H and O–H groups in total. The van der Waals surface area contributed by atoms with Gasteiger partial charge in [-0.05, 0) is 25.0 Å². The number of sulfone groups is 1. The van der Waals surface area contributed by atoms with E-state index in [1.54, 1.807) is 24.3 Å². The molecule has 1 spiro atoms. The van der Waals surface area contributed by atoms with Gasteiger partial charge in [0.2, 0.25) is 5.91 Å². The fourth-order valence-electron chi connectivity index (χ4n) is 3.13. The third-order valence-electron chi connectivity index (χ3n) is 4.61. The molecule has 0 aliphatic carbocycles. The molecule has 0 aromatic heterocycles. The lowest BCUT2D eigenvalue weighted by Crippen LogP contribution is -2.52. The molecule has 1 aromatic rings. The maximum Gasteiger partial charge on any atom is 0.325 e. The number of hydrogen-bond donors (Lipinski definition) is 2. The van der Waals surface area contributed by atoms with Crippen LogP contribution in [0, 0.1) is 0 Å². The number of hydrogen-bond acceptors (Lipinski definition) is 6. The summed E-state index contributed by atoms with van der Waals surface area (Å²) in [5.41, 5.74) is -0.807. The molecular formula is C16H19N3O6S. The first-order valence-corrected chi connectivity index (χ1v) is 9.86. The van der Waals surface area contributed by atoms with Gasteiger partial charge in [-0.2, -0.15) is 0 Å². The van der Waals surface area contributed by atoms with Gasteiger partial charge < -0.3 is 15.4 Å². The van der Waals surface area contributed by atoms with E-state index in [1.165, 1.54) is 7.11 Å². The number of imide groups is 1. The molecular weight excluding hydrogens is 362 g/mol. The summed E-state index contributed by atoms with van der Waals surface area (Å²) in [4.78, 5) is 37.9. The zero-order chi connectivity index (χ0) is 18.9. The van der Waals surface area contributed by atoms with Crippen molar-refractivity contribution in [2.75, 3.05) is 30.5 Å². The Morgan fingerprint density at radius 3 is 2.58 bits per heavy atom. The fourth-order valence-corrected chi connectivity index (χ4v) is 4.65. The number of para-hydroxylation sites is 2. The van der Waals surface area contributed by atoms with E-state index in [9.17, 15) is 22.8 Å². The van der Waals surface area contributed by atoms with E-state index in [0.29, 0.717) is 11.4 Å². The summed E-state index contributed by atoms with van der Waals surface area (Å²) in [5.74, 6) is -1.00. The third kappa shape index (κ3) is 3.36. The molecule has 0 saturated carbocycles. The van der Waals surface area contributed by atoms with Gasteiger partial charge in [0, 0.05) is 0 Å². The molecule has 1 aromatic carbocycles. The Morgan fingerprint density at radius 2 is 1.92 bits per heavy atom. The summed E-state index contributed by atoms with van der Waals surface area (Å²) in [6.07, 6.45) is 0.0368. The highest BCUT2D eigenvalue weighted by Crippen LogP contribution is 2.30. The zero-order valence-corrected chi connectivity index (χ0v) is 15.0. The van der Waals surface area contributed by atoms with E-state index in [4.69, 9.17) is 4.74 Å². The largest absolute Gasteiger partial charge is 0.495 e. The van der Waals surface area contributed by atoms with Gasteiger partial charge in [0.25, 0.3) is 5.91 Å². The summed E-state index contributed by atoms with van der Waals surface area (Å²) in [5, 5.41) is 5.17. The smallest absolute Gasteiger partial charge is 0.325 e. The van der Waals surface area contributed by atoms with Crippen LogP contribution in [0.25, 0.3) is 0 Å². The van der Waals surface area contributed by atoms with E-state index >= 15 is 0 Å². The Balaban J connectivity index is 1.69. The maximum atomic E-state index is 12.7. The average Bonchev–Trinajstić information content (AvgIpc) is 2.83. The first kappa shape index (κ1) is 18.2. The van der Waals surface area contributed by atoms with Gasteiger partial charge in [-0.1, -0.05) is 12.1 Å². The van der Waals surface area contributed by atoms with Crippen LogP contribution in [0.4, 0.5) is 10.5 Å². The number of rotatable bonds is 4. The van der Waals surface area contributed by atoms with Gasteiger partial charge in [-0.3, -0.25) is 14.5 Å². The lowest BCUT2D eigenvalue weighted by atomic mass is 9.92. The molecule has 26 heavy (non-hydrogen) atoms. The highest BCUT2D eigenvalue weighted by atomic mass is 32.2. The second kappa shape index (κ2) is 6.60. The van der Waals surface area contributed by atoms with Crippen LogP contribution in [0.3, 0.4) is 0 Å². The first-order valence-electron chi connectivity index (χ1n) is 8.04. The quantitative estimate of drug-likeness (QED) is 0.715. The Morgan fingerprint density at radius 1 is 1.27 bits per heavy atom. The van der Waals surface area contributed by atoms with Gasteiger partial charge >= 0.3 is 6.03 Å². The number of nitrogens with one attached hydrogen (secondary N) is 2. The number of nitrogens with zero attached hydrogens (tertiary/aromatic N) is 1. The lowest BCUT2D eigenvalue weighted by molar-refractivity contribution is -0.134. The molecule has 0 atom stereocenters. The van der Waals surface area contributed by atoms with Crippen LogP contribution < -0.4 is 15.4 Å². The highest BCUT2D eigenvalue weighted by molar-refractivity contribution is 7.91. The molecule has 3 rings (SSSR count). The second-order valence-electron chi connectivity index (χ2n) is 6.30. The number of carbonyl (C=O) groups is 3. The van der Waals surface area contributed by atoms with E-state index in [-0.39, 0.29) is 24.3 Å². The average molecular weight is 381 g/mol. The van der Waals surface area contributed by atoms with Gasteiger partial charge in [-0.15, -0.1) is 0 Å². The van der Waals surface area contributed by atoms with Crippen molar-refractivity contribution in [2.45, 2.75) is 18.4 Å². The molecule has 2 heterocycles. The van der Waals surface area contributed by atoms with E-state index < -0.39 is 39.8 Å². The highest BCUT2D eigenvalue weighted by Gasteiger charge is 2.53. The molecule has 4 amide bonds. The number of amides is 4. The van der Waals surface area contributed by atoms with Crippen molar-refractivity contribution >= 4 is 33.4 Å². The van der Waals surface area contributed by atoms with Gasteiger partial charge in [0.1, 0.15) is 17.8 Å². The minimum Gasteiger partial charge on any atom is -0.495 e. The second-order valence-corrected chi connectivity index (χ2v) is 8.61. The maximum absolute atomic E-state index is 12.7. The monoisotopic (exact) mass is 381 g/mol. The number of ether oxygens (including phenoxy) is 1. The number of methoxy groups -OCH3 is 1. The van der Waals surface area contributed by atoms with Crippen LogP contribution in [-0.2, 0) is 19.4 Å². The summed E-state index contributed by atoms with van der Waals surface area (Å²) < 4.78 is 28.3. The number of urea groups is 1. The van der Waals surface area contributed by atoms with E-state index in [1.807, 2.05) is 0 Å². The molecule has 0 bridgehead atoms. The molecule has 140 valence electrons. The molecule has 0 unspecified atom stereocenters. The minimum absolute atomic E-state index is 0.0184. The number of benzene rings is 1. The molecule has 2 fully saturated rings. The van der Waals surface area contributed by atoms with Crippen LogP contribution in [0.5, 0.6) is 5.75 Å². The molecule has 2 saturated heterocycles. The van der Waals surface area contributed by atoms with Crippen molar-refractivity contribution < 1.29 is 27.5 Å². The SMILES string of the molecule is COc1ccccc1NC(=O)CN1C(=O)NC2(CCS(=O)(=O)CC2)C1=O. The predicted octanol–water partition coefficient (Wildman–Crippen LogP) is 0.133. The van der Waals surface area contributed by atoms with Crippen molar-refractivity contribution in [1.29, 1.82) is 0 Å². The van der Waals surface area contributed by atoms with E-state index in [0.717, 1.165) is 4.90 Å². The Hall–Kier alpha value is -2.62. The van der Waals surface area contributed by atoms with Crippen LogP contribution in [0.1, 0.15) is 12.8 Å². The minimum atomic E-state index is -3.19. The van der Waals surface area contributed by atoms with Crippen LogP contribution in [-0.4, -0.2) is 61.9 Å². The third-order valence-corrected chi connectivity index (χ3v) is 6.26. The molecule has 9 nitrogen and oxygen atoms in total. The Kier molecular flexibility index (Phi) is 4.61.